The zero-order valence-electron chi connectivity index (χ0n) is 7.44. The Bertz CT molecular complexity index is 324. The van der Waals surface area contributed by atoms with Crippen LogP contribution < -0.4 is 4.74 Å². The molecule has 0 saturated heterocycles. The minimum Gasteiger partial charge on any atom is -0.494 e. The summed E-state index contributed by atoms with van der Waals surface area (Å²) in [5.74, 6) is -0.825. The molecule has 0 bridgehead atoms. The standard InChI is InChI=1S/C8H8BF4O/c1-14-8-3-2-6(4-7(8)10)5-9(11,12)13/h2-4H,5H2,1H3/q-1. The van der Waals surface area contributed by atoms with Crippen LogP contribution in [0.2, 0.25) is 0 Å². The highest BCUT2D eigenvalue weighted by atomic mass is 19.4. The Kier molecular flexibility index (Phi) is 3.03. The predicted octanol–water partition coefficient (Wildman–Crippen LogP) is 2.76. The van der Waals surface area contributed by atoms with Crippen LogP contribution in [0, 0.1) is 5.82 Å². The van der Waals surface area contributed by atoms with Crippen LogP contribution in [0.4, 0.5) is 17.3 Å². The predicted molar refractivity (Wildman–Crippen MR) is 45.7 cm³/mol. The fourth-order valence-corrected chi connectivity index (χ4v) is 1.10. The van der Waals surface area contributed by atoms with Gasteiger partial charge in [0, 0.05) is 0 Å². The van der Waals surface area contributed by atoms with Gasteiger partial charge in [-0.1, -0.05) is 17.9 Å². The third-order valence-corrected chi connectivity index (χ3v) is 1.68. The molecule has 0 spiro atoms. The third kappa shape index (κ3) is 2.94. The quantitative estimate of drug-likeness (QED) is 0.546. The molecule has 0 N–H and O–H groups in total. The molecule has 1 rings (SSSR count). The number of hydrogen-bond donors (Lipinski definition) is 0. The minimum atomic E-state index is -4.92. The molecule has 0 fully saturated rings. The molecule has 0 unspecified atom stereocenters. The maximum atomic E-state index is 12.9. The molecule has 0 atom stereocenters. The first kappa shape index (κ1) is 10.9. The van der Waals surface area contributed by atoms with Gasteiger partial charge in [-0.3, -0.25) is 0 Å². The molecule has 0 radical (unpaired) electrons. The summed E-state index contributed by atoms with van der Waals surface area (Å²) in [6.45, 7) is -4.92. The lowest BCUT2D eigenvalue weighted by Gasteiger charge is -2.13. The molecule has 14 heavy (non-hydrogen) atoms. The number of methoxy groups -OCH3 is 1. The molecule has 0 aromatic heterocycles. The van der Waals surface area contributed by atoms with E-state index in [0.717, 1.165) is 6.07 Å². The van der Waals surface area contributed by atoms with Crippen molar-refractivity contribution in [2.45, 2.75) is 6.32 Å². The summed E-state index contributed by atoms with van der Waals surface area (Å²) in [4.78, 5) is 0. The highest BCUT2D eigenvalue weighted by Crippen LogP contribution is 2.21. The first-order valence-electron chi connectivity index (χ1n) is 3.96. The van der Waals surface area contributed by atoms with E-state index in [2.05, 4.69) is 4.74 Å². The average Bonchev–Trinajstić information content (AvgIpc) is 2.01. The Morgan fingerprint density at radius 2 is 1.93 bits per heavy atom. The second-order valence-electron chi connectivity index (χ2n) is 2.88. The summed E-state index contributed by atoms with van der Waals surface area (Å²) in [5.41, 5.74) is -0.0872. The van der Waals surface area contributed by atoms with Gasteiger partial charge in [-0.15, -0.1) is 0 Å². The minimum absolute atomic E-state index is 0.0524. The molecule has 1 aromatic carbocycles. The number of hydrogen-bond acceptors (Lipinski definition) is 1. The zero-order chi connectivity index (χ0) is 10.8. The highest BCUT2D eigenvalue weighted by Gasteiger charge is 2.23. The lowest BCUT2D eigenvalue weighted by Crippen LogP contribution is -2.19. The van der Waals surface area contributed by atoms with Crippen molar-refractivity contribution in [2.24, 2.45) is 0 Å². The van der Waals surface area contributed by atoms with Gasteiger partial charge in [0.05, 0.1) is 7.11 Å². The van der Waals surface area contributed by atoms with E-state index in [1.165, 1.54) is 19.2 Å². The molecule has 0 aliphatic carbocycles. The van der Waals surface area contributed by atoms with Crippen LogP contribution in [0.5, 0.6) is 5.75 Å². The third-order valence-electron chi connectivity index (χ3n) is 1.68. The fraction of sp³-hybridized carbons (Fsp3) is 0.250. The van der Waals surface area contributed by atoms with Crippen LogP contribution in [0.1, 0.15) is 5.56 Å². The van der Waals surface area contributed by atoms with E-state index in [9.17, 15) is 17.3 Å². The van der Waals surface area contributed by atoms with Gasteiger partial charge >= 0.3 is 6.98 Å². The van der Waals surface area contributed by atoms with Crippen molar-refractivity contribution in [3.05, 3.63) is 29.6 Å². The van der Waals surface area contributed by atoms with Crippen molar-refractivity contribution >= 4 is 6.98 Å². The smallest absolute Gasteiger partial charge is 0.482 e. The first-order chi connectivity index (χ1) is 6.42. The largest absolute Gasteiger partial charge is 0.494 e. The van der Waals surface area contributed by atoms with Gasteiger partial charge in [0.1, 0.15) is 0 Å². The summed E-state index contributed by atoms with van der Waals surface area (Å²) in [7, 11) is 1.26. The van der Waals surface area contributed by atoms with Crippen LogP contribution in [0.15, 0.2) is 18.2 Å². The monoisotopic (exact) mass is 207 g/mol. The van der Waals surface area contributed by atoms with E-state index in [1.54, 1.807) is 0 Å². The van der Waals surface area contributed by atoms with E-state index >= 15 is 0 Å². The van der Waals surface area contributed by atoms with Crippen molar-refractivity contribution in [2.75, 3.05) is 7.11 Å². The molecule has 0 saturated carbocycles. The summed E-state index contributed by atoms with van der Waals surface area (Å²) in [6.07, 6.45) is -1.07. The van der Waals surface area contributed by atoms with E-state index in [1.807, 2.05) is 0 Å². The summed E-state index contributed by atoms with van der Waals surface area (Å²) >= 11 is 0. The normalized spacial score (nSPS) is 11.5. The Balaban J connectivity index is 2.87. The Morgan fingerprint density at radius 3 is 2.36 bits per heavy atom. The molecule has 0 aliphatic heterocycles. The Morgan fingerprint density at radius 1 is 1.29 bits per heavy atom. The number of halogens is 4. The second kappa shape index (κ2) is 3.90. The maximum Gasteiger partial charge on any atom is 0.482 e. The van der Waals surface area contributed by atoms with E-state index < -0.39 is 19.1 Å². The average molecular weight is 207 g/mol. The number of benzene rings is 1. The molecule has 6 heteroatoms. The maximum absolute atomic E-state index is 12.9. The van der Waals surface area contributed by atoms with E-state index in [4.69, 9.17) is 0 Å². The molecule has 0 heterocycles. The summed E-state index contributed by atoms with van der Waals surface area (Å²) in [6, 6.07) is 3.23. The van der Waals surface area contributed by atoms with E-state index in [0.29, 0.717) is 0 Å². The molecule has 1 nitrogen and oxygen atoms in total. The van der Waals surface area contributed by atoms with Gasteiger partial charge < -0.3 is 17.7 Å². The van der Waals surface area contributed by atoms with Crippen LogP contribution in [-0.4, -0.2) is 14.1 Å². The fourth-order valence-electron chi connectivity index (χ4n) is 1.10. The van der Waals surface area contributed by atoms with Crippen molar-refractivity contribution in [1.29, 1.82) is 0 Å². The molecule has 0 aliphatic rings. The molecule has 0 amide bonds. The van der Waals surface area contributed by atoms with Gasteiger partial charge in [0.25, 0.3) is 0 Å². The van der Waals surface area contributed by atoms with Crippen LogP contribution >= 0.6 is 0 Å². The van der Waals surface area contributed by atoms with Gasteiger partial charge in [-0.05, 0) is 12.1 Å². The number of ether oxygens (including phenoxy) is 1. The Labute approximate surface area is 78.7 Å². The molecule has 1 aromatic rings. The van der Waals surface area contributed by atoms with Crippen LogP contribution in [0.25, 0.3) is 0 Å². The SMILES string of the molecule is COc1ccc(C[B-](F)(F)F)cc1F. The zero-order valence-corrected chi connectivity index (χ0v) is 7.44. The summed E-state index contributed by atoms with van der Waals surface area (Å²) in [5, 5.41) is 0. The molecular weight excluding hydrogens is 199 g/mol. The van der Waals surface area contributed by atoms with Crippen LogP contribution in [-0.2, 0) is 6.32 Å². The Hall–Kier alpha value is -1.20. The van der Waals surface area contributed by atoms with Crippen LogP contribution in [0.3, 0.4) is 0 Å². The van der Waals surface area contributed by atoms with Gasteiger partial charge in [0.2, 0.25) is 0 Å². The second-order valence-corrected chi connectivity index (χ2v) is 2.88. The van der Waals surface area contributed by atoms with Gasteiger partial charge in [-0.2, -0.15) is 0 Å². The first-order valence-corrected chi connectivity index (χ1v) is 3.96. The van der Waals surface area contributed by atoms with E-state index in [-0.39, 0.29) is 11.3 Å². The van der Waals surface area contributed by atoms with Crippen molar-refractivity contribution < 1.29 is 22.1 Å². The number of rotatable bonds is 3. The van der Waals surface area contributed by atoms with Crippen molar-refractivity contribution in [1.82, 2.24) is 0 Å². The lowest BCUT2D eigenvalue weighted by atomic mass is 9.82. The topological polar surface area (TPSA) is 9.23 Å². The highest BCUT2D eigenvalue weighted by molar-refractivity contribution is 6.57. The van der Waals surface area contributed by atoms with Gasteiger partial charge in [0.15, 0.2) is 11.6 Å². The molecular formula is C8H8BF4O-. The molecule has 78 valence electrons. The summed E-state index contributed by atoms with van der Waals surface area (Å²) < 4.78 is 53.4. The van der Waals surface area contributed by atoms with Gasteiger partial charge in [-0.25, -0.2) is 4.39 Å². The van der Waals surface area contributed by atoms with Crippen molar-refractivity contribution in [3.8, 4) is 5.75 Å². The van der Waals surface area contributed by atoms with Crippen molar-refractivity contribution in [3.63, 3.8) is 0 Å². The lowest BCUT2D eigenvalue weighted by molar-refractivity contribution is 0.386.